The van der Waals surface area contributed by atoms with Crippen molar-refractivity contribution in [2.24, 2.45) is 16.7 Å². The average molecular weight is 1890 g/mol. The number of fused-ring (bicyclic) bond motifs is 6. The van der Waals surface area contributed by atoms with E-state index < -0.39 is 70.8 Å². The Bertz CT molecular complexity index is 6270. The van der Waals surface area contributed by atoms with Gasteiger partial charge in [0.05, 0.1) is 65.0 Å². The summed E-state index contributed by atoms with van der Waals surface area (Å²) < 4.78 is 104. The first-order valence-electron chi connectivity index (χ1n) is 45.4. The number of carbonyl (C=O) groups excluding carboxylic acids is 3. The number of nitrogens with zero attached hydrogens (tertiary/aromatic N) is 20. The van der Waals surface area contributed by atoms with Crippen LogP contribution in [0.15, 0.2) is 128 Å². The molecule has 0 spiro atoms. The monoisotopic (exact) mass is 1890 g/mol. The van der Waals surface area contributed by atoms with Crippen LogP contribution >= 0.6 is 34.8 Å². The topological polar surface area (TPSA) is 205 Å². The van der Waals surface area contributed by atoms with Crippen LogP contribution in [0, 0.1) is 53.9 Å². The summed E-state index contributed by atoms with van der Waals surface area (Å²) in [6, 6.07) is 26.2. The lowest BCUT2D eigenvalue weighted by molar-refractivity contribution is -0.220. The maximum atomic E-state index is 14.6. The molecule has 9 aromatic rings. The maximum Gasteiger partial charge on any atom is 0.318 e. The number of halogens is 9. The SMILES string of the molecule is [C-]#[N+]C[C@H]1CN(c2nc(OCC34CC(N(C)C)(C3)C4)nc3c2CCN(c2cccc4ccc(F)c(Cl)c24)C3)CCN1C(=O)C(=C)F.[C-]#[N+]C[C@H]1CN(c2nc(OCC3CCCC3)nc3c2CCN(c2cccc4ccc(F)c(Cl)c24)C3)CCN1C(=O)C(=C)F.[C-]#[N+]C[C@H]1CN(c2nc(OCC3N(C)CC3(C)C)nc3c2CCN(c2cccc4ccc(F)c(Cl)c24)C3)CCN1C(=O)C(=C)F. The van der Waals surface area contributed by atoms with Crippen molar-refractivity contribution in [2.45, 2.75) is 127 Å². The molecule has 11 aliphatic rings. The minimum absolute atomic E-state index is 0.0292. The summed E-state index contributed by atoms with van der Waals surface area (Å²) in [5.41, 5.74) is 8.28. The fraction of sp³-hybridized carbons (Fsp3) is 0.455. The van der Waals surface area contributed by atoms with Crippen LogP contribution in [0.1, 0.15) is 92.6 Å². The number of benzene rings is 6. The van der Waals surface area contributed by atoms with E-state index in [1.165, 1.54) is 45.7 Å². The Labute approximate surface area is 790 Å². The summed E-state index contributed by atoms with van der Waals surface area (Å²) in [4.78, 5) is 98.9. The molecule has 4 saturated heterocycles. The zero-order chi connectivity index (χ0) is 94.5. The van der Waals surface area contributed by atoms with Crippen LogP contribution < -0.4 is 43.6 Å². The van der Waals surface area contributed by atoms with Crippen molar-refractivity contribution in [3.63, 3.8) is 0 Å². The Morgan fingerprint density at radius 2 is 0.821 bits per heavy atom. The van der Waals surface area contributed by atoms with Crippen LogP contribution in [0.3, 0.4) is 0 Å². The van der Waals surface area contributed by atoms with E-state index in [9.17, 15) is 40.7 Å². The molecule has 0 radical (unpaired) electrons. The summed E-state index contributed by atoms with van der Waals surface area (Å²) in [6.45, 7) is 44.9. The molecule has 35 heteroatoms. The van der Waals surface area contributed by atoms with Crippen LogP contribution in [0.25, 0.3) is 46.9 Å². The van der Waals surface area contributed by atoms with Gasteiger partial charge in [0.2, 0.25) is 19.6 Å². The number of hydrogen-bond acceptors (Lipinski definition) is 20. The van der Waals surface area contributed by atoms with E-state index in [1.807, 2.05) is 59.5 Å². The quantitative estimate of drug-likeness (QED) is 0.0351. The second kappa shape index (κ2) is 38.8. The van der Waals surface area contributed by atoms with Crippen LogP contribution in [0.5, 0.6) is 18.0 Å². The normalized spacial score (nSPS) is 21.8. The summed E-state index contributed by atoms with van der Waals surface area (Å²) in [6.07, 6.45) is 9.73. The van der Waals surface area contributed by atoms with E-state index in [2.05, 4.69) is 104 Å². The third kappa shape index (κ3) is 18.6. The van der Waals surface area contributed by atoms with E-state index in [4.69, 9.17) is 98.6 Å². The molecule has 7 aliphatic heterocycles. The molecule has 20 rings (SSSR count). The first-order chi connectivity index (χ1) is 64.3. The number of amides is 3. The third-order valence-electron chi connectivity index (χ3n) is 28.5. The predicted molar refractivity (Wildman–Crippen MR) is 507 cm³/mol. The summed E-state index contributed by atoms with van der Waals surface area (Å²) in [7, 11) is 6.33. The number of anilines is 6. The van der Waals surface area contributed by atoms with Gasteiger partial charge in [0.1, 0.15) is 59.6 Å². The highest BCUT2D eigenvalue weighted by atomic mass is 35.5. The van der Waals surface area contributed by atoms with Gasteiger partial charge in [-0.3, -0.25) is 19.3 Å². The number of aromatic nitrogens is 6. The lowest BCUT2D eigenvalue weighted by Crippen LogP contribution is -2.74. The number of piperazine rings is 3. The molecule has 3 aromatic heterocycles. The molecule has 1 unspecified atom stereocenters. The third-order valence-corrected chi connectivity index (χ3v) is 29.6. The first kappa shape index (κ1) is 93.8. The van der Waals surface area contributed by atoms with Crippen LogP contribution in [0.4, 0.5) is 60.9 Å². The average Bonchev–Trinajstić information content (AvgIpc) is 0.682. The molecule has 0 N–H and O–H groups in total. The molecule has 2 bridgehead atoms. The van der Waals surface area contributed by atoms with E-state index in [0.29, 0.717) is 169 Å². The van der Waals surface area contributed by atoms with E-state index >= 15 is 0 Å². The number of carbonyl (C=O) groups is 3. The van der Waals surface area contributed by atoms with Crippen molar-refractivity contribution >= 4 is 119 Å². The van der Waals surface area contributed by atoms with Crippen molar-refractivity contribution in [3.8, 4) is 18.0 Å². The summed E-state index contributed by atoms with van der Waals surface area (Å²) >= 11 is 19.4. The van der Waals surface area contributed by atoms with Gasteiger partial charge in [-0.25, -0.2) is 46.1 Å². The molecular weight excluding hydrogens is 1790 g/mol. The molecule has 26 nitrogen and oxygen atoms in total. The molecule has 10 heterocycles. The zero-order valence-corrected chi connectivity index (χ0v) is 77.9. The molecular formula is C99H105Cl3F6N20O6. The lowest BCUT2D eigenvalue weighted by atomic mass is 9.39. The van der Waals surface area contributed by atoms with Crippen LogP contribution in [-0.2, 0) is 53.3 Å². The zero-order valence-electron chi connectivity index (χ0n) is 75.6. The highest BCUT2D eigenvalue weighted by molar-refractivity contribution is 6.38. The van der Waals surface area contributed by atoms with Crippen molar-refractivity contribution in [3.05, 3.63) is 229 Å². The van der Waals surface area contributed by atoms with E-state index in [1.54, 1.807) is 18.2 Å². The second-order valence-electron chi connectivity index (χ2n) is 37.7. The Kier molecular flexibility index (Phi) is 27.1. The smallest absolute Gasteiger partial charge is 0.318 e. The van der Waals surface area contributed by atoms with Crippen molar-refractivity contribution in [1.82, 2.24) is 54.4 Å². The molecule has 134 heavy (non-hydrogen) atoms. The number of rotatable bonds is 22. The molecule has 6 aromatic carbocycles. The first-order valence-corrected chi connectivity index (χ1v) is 46.5. The van der Waals surface area contributed by atoms with Crippen molar-refractivity contribution < 1.29 is 54.9 Å². The maximum absolute atomic E-state index is 14.6. The fourth-order valence-electron chi connectivity index (χ4n) is 21.6. The molecule has 3 amide bonds. The van der Waals surface area contributed by atoms with Crippen molar-refractivity contribution in [1.29, 1.82) is 0 Å². The number of ether oxygens (including phenoxy) is 3. The van der Waals surface area contributed by atoms with Gasteiger partial charge < -0.3 is 77.7 Å². The van der Waals surface area contributed by atoms with Gasteiger partial charge in [-0.1, -0.05) is 136 Å². The number of likely N-dealkylation sites (N-methyl/N-ethyl adjacent to an activating group) is 1. The van der Waals surface area contributed by atoms with Gasteiger partial charge in [-0.2, -0.15) is 29.9 Å². The predicted octanol–water partition coefficient (Wildman–Crippen LogP) is 16.4. The Hall–Kier alpha value is -12.0. The lowest BCUT2D eigenvalue weighted by Gasteiger charge is -2.72. The highest BCUT2D eigenvalue weighted by Crippen LogP contribution is 2.69. The molecule has 8 fully saturated rings. The van der Waals surface area contributed by atoms with Gasteiger partial charge in [0.15, 0.2) is 17.5 Å². The standard InChI is InChI=1S/C34H36ClF2N7O2.C33H36ClF2N7O2.C32H33ClF2N6O2/c1-21(36)31(45)44-13-12-43(15-23(44)14-38-2)30-24-10-11-42(27-7-5-6-22-8-9-25(37)29(35)28(22)27)16-26(24)39-32(40-30)46-20-33-17-34(18-33,19-33)41(3)4;1-20(35)31(44)43-14-13-42(16-22(43)15-37-4)30-23-11-12-41(26-8-6-7-21-9-10-24(36)29(34)28(21)26)17-25(23)38-32(39-30)45-18-27-33(2,3)19-40(27)5;1-20(34)31(42)41-15-14-40(17-23(41)16-36-2)30-24-12-13-39(27-9-5-8-22-10-11-25(35)29(33)28(22)27)18-26(24)37-32(38-30)43-19-21-6-3-4-7-21/h5-9,23H,1,10-20H2,3-4H3;6-10,22,27H,1,11-19H2,2-3,5H3;5,8-11,21,23H,1,3-4,6-7,12-19H2/t23-,33?,34?;22-,27?;23-/m000/s1. The van der Waals surface area contributed by atoms with E-state index in [-0.39, 0.29) is 82.8 Å². The molecule has 4 aliphatic carbocycles. The highest BCUT2D eigenvalue weighted by Gasteiger charge is 2.69. The van der Waals surface area contributed by atoms with Gasteiger partial charge in [-0.15, -0.1) is 0 Å². The molecule has 4 atom stereocenters. The minimum Gasteiger partial charge on any atom is -0.463 e. The van der Waals surface area contributed by atoms with Crippen molar-refractivity contribution in [2.75, 3.05) is 175 Å². The Balaban J connectivity index is 0.000000140. The largest absolute Gasteiger partial charge is 0.463 e. The number of hydrogen-bond donors (Lipinski definition) is 0. The van der Waals surface area contributed by atoms with Gasteiger partial charge in [0.25, 0.3) is 17.7 Å². The number of likely N-dealkylation sites (tertiary alicyclic amines) is 1. The van der Waals surface area contributed by atoms with E-state index in [0.717, 1.165) is 106 Å². The van der Waals surface area contributed by atoms with Crippen LogP contribution in [-0.4, -0.2) is 248 Å². The van der Waals surface area contributed by atoms with Gasteiger partial charge in [-0.05, 0) is 136 Å². The fourth-order valence-corrected chi connectivity index (χ4v) is 22.4. The Morgan fingerprint density at radius 1 is 0.478 bits per heavy atom. The van der Waals surface area contributed by atoms with Gasteiger partial charge >= 0.3 is 18.0 Å². The van der Waals surface area contributed by atoms with Gasteiger partial charge in [0, 0.05) is 152 Å². The molecule has 700 valence electrons. The minimum atomic E-state index is -1.04. The Morgan fingerprint density at radius 3 is 1.14 bits per heavy atom. The summed E-state index contributed by atoms with van der Waals surface area (Å²) in [5, 5.41) is 4.80. The van der Waals surface area contributed by atoms with Crippen LogP contribution in [0.2, 0.25) is 15.1 Å². The summed E-state index contributed by atoms with van der Waals surface area (Å²) in [5.74, 6) is -4.25. The second-order valence-corrected chi connectivity index (χ2v) is 38.8. The molecule has 4 saturated carbocycles.